The van der Waals surface area contributed by atoms with Gasteiger partial charge in [-0.15, -0.1) is 0 Å². The summed E-state index contributed by atoms with van der Waals surface area (Å²) in [5.41, 5.74) is 0. The molecular formula is C27H58O11. The van der Waals surface area contributed by atoms with Crippen molar-refractivity contribution in [1.29, 1.82) is 0 Å². The maximum Gasteiger partial charge on any atom is 0.303 e. The molecule has 11 nitrogen and oxygen atoms in total. The van der Waals surface area contributed by atoms with Crippen LogP contribution in [0.25, 0.3) is 0 Å². The molecule has 4 unspecified atom stereocenters. The van der Waals surface area contributed by atoms with E-state index in [1.165, 1.54) is 83.5 Å². The quantitative estimate of drug-likeness (QED) is 0.0799. The molecule has 0 aliphatic rings. The van der Waals surface area contributed by atoms with E-state index in [-0.39, 0.29) is 13.2 Å². The number of hydrogen-bond donors (Lipinski definition) is 10. The Labute approximate surface area is 228 Å². The first-order valence-electron chi connectivity index (χ1n) is 14.2. The standard InChI is InChI=1S/C18H36O2.C6H14O6.C3H8O3/c1-2-3-4-5-6-7-8-9-10-11-12-13-14-15-16-17-18(19)20;7-1-3(9)5(11)6(12)4(10)2-8;4-1-3(6)2-5/h2-17H2,1H3,(H,19,20);3-12H,1-2H2;3-6H,1-2H2. The third kappa shape index (κ3) is 31.3. The van der Waals surface area contributed by atoms with Crippen LogP contribution in [0.4, 0.5) is 0 Å². The molecule has 0 bridgehead atoms. The van der Waals surface area contributed by atoms with E-state index in [0.29, 0.717) is 6.42 Å². The van der Waals surface area contributed by atoms with E-state index in [9.17, 15) is 4.79 Å². The maximum atomic E-state index is 10.3. The van der Waals surface area contributed by atoms with E-state index >= 15 is 0 Å². The molecule has 0 heterocycles. The summed E-state index contributed by atoms with van der Waals surface area (Å²) in [5, 5.41) is 84.7. The Hall–Kier alpha value is -0.890. The van der Waals surface area contributed by atoms with E-state index in [2.05, 4.69) is 6.92 Å². The molecule has 38 heavy (non-hydrogen) atoms. The summed E-state index contributed by atoms with van der Waals surface area (Å²) >= 11 is 0. The van der Waals surface area contributed by atoms with E-state index in [1.807, 2.05) is 0 Å². The van der Waals surface area contributed by atoms with Gasteiger partial charge in [-0.2, -0.15) is 0 Å². The number of hydrogen-bond acceptors (Lipinski definition) is 10. The van der Waals surface area contributed by atoms with Gasteiger partial charge in [-0.1, -0.05) is 96.8 Å². The molecule has 0 saturated carbocycles. The molecule has 0 aliphatic heterocycles. The Morgan fingerprint density at radius 3 is 1.00 bits per heavy atom. The Kier molecular flexibility index (Phi) is 35.4. The fraction of sp³-hybridized carbons (Fsp3) is 0.963. The van der Waals surface area contributed by atoms with Crippen molar-refractivity contribution in [2.75, 3.05) is 26.4 Å². The van der Waals surface area contributed by atoms with Crippen LogP contribution < -0.4 is 0 Å². The summed E-state index contributed by atoms with van der Waals surface area (Å²) in [6, 6.07) is 0. The van der Waals surface area contributed by atoms with Gasteiger partial charge < -0.3 is 51.1 Å². The van der Waals surface area contributed by atoms with Gasteiger partial charge in [0.2, 0.25) is 0 Å². The van der Waals surface area contributed by atoms with Gasteiger partial charge in [0.15, 0.2) is 0 Å². The van der Waals surface area contributed by atoms with Crippen molar-refractivity contribution in [3.8, 4) is 0 Å². The second-order valence-corrected chi connectivity index (χ2v) is 9.59. The molecule has 0 saturated heterocycles. The van der Waals surface area contributed by atoms with Crippen LogP contribution in [-0.4, -0.2) is 114 Å². The minimum absolute atomic E-state index is 0.345. The highest BCUT2D eigenvalue weighted by Crippen LogP contribution is 2.13. The third-order valence-electron chi connectivity index (χ3n) is 5.93. The number of aliphatic carboxylic acids is 1. The molecular weight excluding hydrogens is 500 g/mol. The molecule has 0 aromatic heterocycles. The predicted octanol–water partition coefficient (Wildman–Crippen LogP) is 1.08. The number of carboxylic acids is 1. The lowest BCUT2D eigenvalue weighted by molar-refractivity contribution is -0.137. The summed E-state index contributed by atoms with van der Waals surface area (Å²) in [6.45, 7) is 0.0892. The number of carboxylic acid groups (broad SMARTS) is 1. The first-order valence-corrected chi connectivity index (χ1v) is 14.2. The van der Waals surface area contributed by atoms with Crippen LogP contribution in [0, 0.1) is 0 Å². The largest absolute Gasteiger partial charge is 0.481 e. The zero-order chi connectivity index (χ0) is 29.6. The highest BCUT2D eigenvalue weighted by Gasteiger charge is 2.29. The molecule has 232 valence electrons. The van der Waals surface area contributed by atoms with Crippen molar-refractivity contribution in [3.05, 3.63) is 0 Å². The van der Waals surface area contributed by atoms with Crippen molar-refractivity contribution in [2.45, 2.75) is 140 Å². The molecule has 0 aromatic rings. The van der Waals surface area contributed by atoms with Gasteiger partial charge in [0, 0.05) is 6.42 Å². The van der Waals surface area contributed by atoms with Gasteiger partial charge in [-0.05, 0) is 6.42 Å². The lowest BCUT2D eigenvalue weighted by Crippen LogP contribution is -2.46. The van der Waals surface area contributed by atoms with Crippen molar-refractivity contribution in [1.82, 2.24) is 0 Å². The van der Waals surface area contributed by atoms with Crippen LogP contribution in [-0.2, 0) is 4.79 Å². The smallest absolute Gasteiger partial charge is 0.303 e. The van der Waals surface area contributed by atoms with Gasteiger partial charge in [-0.3, -0.25) is 4.79 Å². The van der Waals surface area contributed by atoms with Gasteiger partial charge >= 0.3 is 5.97 Å². The first-order chi connectivity index (χ1) is 18.1. The van der Waals surface area contributed by atoms with Crippen LogP contribution in [0.1, 0.15) is 110 Å². The van der Waals surface area contributed by atoms with E-state index in [4.69, 9.17) is 51.1 Å². The average molecular weight is 559 g/mol. The van der Waals surface area contributed by atoms with E-state index in [0.717, 1.165) is 12.8 Å². The molecule has 0 fully saturated rings. The Bertz CT molecular complexity index is 450. The summed E-state index contributed by atoms with van der Waals surface area (Å²) in [5.74, 6) is -0.653. The highest BCUT2D eigenvalue weighted by molar-refractivity contribution is 5.66. The topological polar surface area (TPSA) is 219 Å². The lowest BCUT2D eigenvalue weighted by atomic mass is 10.0. The van der Waals surface area contributed by atoms with Crippen molar-refractivity contribution in [3.63, 3.8) is 0 Å². The van der Waals surface area contributed by atoms with Crippen LogP contribution in [0.5, 0.6) is 0 Å². The van der Waals surface area contributed by atoms with Crippen LogP contribution in [0.2, 0.25) is 0 Å². The van der Waals surface area contributed by atoms with Crippen LogP contribution in [0.15, 0.2) is 0 Å². The van der Waals surface area contributed by atoms with Crippen molar-refractivity contribution < 1.29 is 55.9 Å². The Morgan fingerprint density at radius 1 is 0.500 bits per heavy atom. The Morgan fingerprint density at radius 2 is 0.789 bits per heavy atom. The summed E-state index contributed by atoms with van der Waals surface area (Å²) < 4.78 is 0. The van der Waals surface area contributed by atoms with E-state index < -0.39 is 49.7 Å². The minimum Gasteiger partial charge on any atom is -0.481 e. The second kappa shape index (κ2) is 32.3. The van der Waals surface area contributed by atoms with Gasteiger partial charge in [0.05, 0.1) is 26.4 Å². The average Bonchev–Trinajstić information content (AvgIpc) is 2.93. The molecule has 4 atom stereocenters. The van der Waals surface area contributed by atoms with Crippen molar-refractivity contribution >= 4 is 5.97 Å². The summed E-state index contributed by atoms with van der Waals surface area (Å²) in [6.07, 6.45) is 12.9. The van der Waals surface area contributed by atoms with Gasteiger partial charge in [0.25, 0.3) is 0 Å². The Balaban J connectivity index is -0.000000572. The molecule has 11 heteroatoms. The van der Waals surface area contributed by atoms with Crippen molar-refractivity contribution in [2.24, 2.45) is 0 Å². The fourth-order valence-electron chi connectivity index (χ4n) is 3.38. The predicted molar refractivity (Wildman–Crippen MR) is 146 cm³/mol. The van der Waals surface area contributed by atoms with Crippen LogP contribution in [0.3, 0.4) is 0 Å². The van der Waals surface area contributed by atoms with Gasteiger partial charge in [-0.25, -0.2) is 0 Å². The number of aliphatic hydroxyl groups excluding tert-OH is 9. The maximum absolute atomic E-state index is 10.3. The molecule has 10 N–H and O–H groups in total. The molecule has 0 radical (unpaired) electrons. The third-order valence-corrected chi connectivity index (χ3v) is 5.93. The highest BCUT2D eigenvalue weighted by atomic mass is 16.4. The summed E-state index contributed by atoms with van der Waals surface area (Å²) in [7, 11) is 0. The normalized spacial score (nSPS) is 14.1. The summed E-state index contributed by atoms with van der Waals surface area (Å²) in [4.78, 5) is 10.3. The fourth-order valence-corrected chi connectivity index (χ4v) is 3.38. The second-order valence-electron chi connectivity index (χ2n) is 9.59. The first kappa shape index (κ1) is 41.6. The minimum atomic E-state index is -1.67. The monoisotopic (exact) mass is 558 g/mol. The molecule has 0 rings (SSSR count). The van der Waals surface area contributed by atoms with E-state index in [1.54, 1.807) is 0 Å². The molecule has 0 aromatic carbocycles. The zero-order valence-corrected chi connectivity index (χ0v) is 23.4. The molecule has 0 spiro atoms. The number of unbranched alkanes of at least 4 members (excludes halogenated alkanes) is 14. The molecule has 0 amide bonds. The zero-order valence-electron chi connectivity index (χ0n) is 23.4. The van der Waals surface area contributed by atoms with Gasteiger partial charge in [0.1, 0.15) is 30.5 Å². The molecule has 0 aliphatic carbocycles. The number of carbonyl (C=O) groups is 1. The SMILES string of the molecule is CCCCCCCCCCCCCCCCCC(=O)O.OCC(O)C(O)C(O)C(O)CO.OCC(O)CO. The number of rotatable bonds is 23. The van der Waals surface area contributed by atoms with Crippen LogP contribution >= 0.6 is 0 Å². The lowest BCUT2D eigenvalue weighted by Gasteiger charge is -2.24. The number of aliphatic hydroxyl groups is 9.